The van der Waals surface area contributed by atoms with E-state index in [4.69, 9.17) is 4.74 Å². The average molecular weight is 588 g/mol. The van der Waals surface area contributed by atoms with Gasteiger partial charge in [0.15, 0.2) is 0 Å². The van der Waals surface area contributed by atoms with Crippen LogP contribution in [0, 0.1) is 11.2 Å². The van der Waals surface area contributed by atoms with Crippen LogP contribution in [0.2, 0.25) is 0 Å². The molecule has 0 unspecified atom stereocenters. The van der Waals surface area contributed by atoms with Crippen LogP contribution in [0.25, 0.3) is 0 Å². The quantitative estimate of drug-likeness (QED) is 0.343. The van der Waals surface area contributed by atoms with E-state index >= 15 is 0 Å². The molecule has 2 aromatic carbocycles. The summed E-state index contributed by atoms with van der Waals surface area (Å²) in [6, 6.07) is 15.9. The molecule has 1 aliphatic carbocycles. The van der Waals surface area contributed by atoms with Crippen molar-refractivity contribution in [2.45, 2.75) is 18.9 Å². The number of benzene rings is 2. The van der Waals surface area contributed by atoms with Crippen molar-refractivity contribution in [3.05, 3.63) is 72.7 Å². The highest BCUT2D eigenvalue weighted by atomic mass is 19.1. The number of carbonyl (C=O) groups excluding carboxylic acids is 3. The van der Waals surface area contributed by atoms with Gasteiger partial charge in [-0.2, -0.15) is 0 Å². The van der Waals surface area contributed by atoms with Crippen molar-refractivity contribution in [2.24, 2.45) is 5.41 Å². The lowest BCUT2D eigenvalue weighted by Gasteiger charge is -2.46. The summed E-state index contributed by atoms with van der Waals surface area (Å²) in [7, 11) is 2.12. The molecule has 1 aromatic heterocycles. The van der Waals surface area contributed by atoms with E-state index in [1.165, 1.54) is 24.3 Å². The largest absolute Gasteiger partial charge is 0.457 e. The number of rotatable bonds is 8. The van der Waals surface area contributed by atoms with Gasteiger partial charge in [-0.1, -0.05) is 0 Å². The average Bonchev–Trinajstić information content (AvgIpc) is 3.81. The van der Waals surface area contributed by atoms with Gasteiger partial charge < -0.3 is 25.2 Å². The summed E-state index contributed by atoms with van der Waals surface area (Å²) in [4.78, 5) is 49.4. The molecule has 3 N–H and O–H groups in total. The fraction of sp³-hybridized carbons (Fsp3) is 0.355. The topological polar surface area (TPSA) is 119 Å². The van der Waals surface area contributed by atoms with Crippen molar-refractivity contribution in [3.63, 3.8) is 0 Å². The molecule has 0 bridgehead atoms. The Morgan fingerprint density at radius 2 is 1.44 bits per heavy atom. The number of hydrogen-bond acceptors (Lipinski definition) is 7. The van der Waals surface area contributed by atoms with Crippen molar-refractivity contribution in [1.82, 2.24) is 19.7 Å². The molecule has 2 aliphatic heterocycles. The number of carbonyl (C=O) groups is 3. The fourth-order valence-electron chi connectivity index (χ4n) is 5.38. The molecule has 1 saturated carbocycles. The zero-order valence-corrected chi connectivity index (χ0v) is 23.9. The summed E-state index contributed by atoms with van der Waals surface area (Å²) in [6.07, 6.45) is 2.43. The highest BCUT2D eigenvalue weighted by Crippen LogP contribution is 2.47. The lowest BCUT2D eigenvalue weighted by Crippen LogP contribution is -2.62. The summed E-state index contributed by atoms with van der Waals surface area (Å²) in [6.45, 7) is 5.24. The van der Waals surface area contributed by atoms with Crippen LogP contribution in [-0.2, 0) is 9.59 Å². The number of nitrogens with one attached hydrogen (secondary N) is 3. The Bertz CT molecular complexity index is 1480. The van der Waals surface area contributed by atoms with E-state index in [2.05, 4.69) is 37.8 Å². The third-order valence-electron chi connectivity index (χ3n) is 8.20. The normalized spacial score (nSPS) is 18.3. The number of ether oxygens (including phenoxy) is 1. The minimum Gasteiger partial charge on any atom is -0.457 e. The molecule has 3 heterocycles. The second-order valence-corrected chi connectivity index (χ2v) is 11.3. The SMILES string of the molecule is CN1CC(N2CCN(C(=O)Nc3cc(Oc4ccc(NC(=O)C5(C(=O)Nc6ccc(F)cc6)CC5)cc4)ccn3)CC2)C1. The lowest BCUT2D eigenvalue weighted by molar-refractivity contribution is -0.131. The molecule has 0 atom stereocenters. The second-order valence-electron chi connectivity index (χ2n) is 11.3. The second kappa shape index (κ2) is 12.0. The molecule has 3 aliphatic rings. The standard InChI is InChI=1S/C31H34FN7O4/c1-37-19-24(20-37)38-14-16-39(17-15-38)30(42)36-27-18-26(10-13-33-27)43-25-8-6-23(7-9-25)35-29(41)31(11-12-31)28(40)34-22-4-2-21(32)3-5-22/h2-10,13,18,24H,11-12,14-17,19-20H2,1H3,(H,34,40)(H,35,41)(H,33,36,42). The van der Waals surface area contributed by atoms with Crippen LogP contribution >= 0.6 is 0 Å². The molecule has 43 heavy (non-hydrogen) atoms. The first-order valence-corrected chi connectivity index (χ1v) is 14.4. The summed E-state index contributed by atoms with van der Waals surface area (Å²) < 4.78 is 19.1. The first-order chi connectivity index (χ1) is 20.8. The highest BCUT2D eigenvalue weighted by Gasteiger charge is 2.56. The summed E-state index contributed by atoms with van der Waals surface area (Å²) in [5.41, 5.74) is -0.200. The minimum atomic E-state index is -1.15. The van der Waals surface area contributed by atoms with Crippen molar-refractivity contribution in [1.29, 1.82) is 0 Å². The Kier molecular flexibility index (Phi) is 7.96. The van der Waals surface area contributed by atoms with Gasteiger partial charge in [0.2, 0.25) is 11.8 Å². The molecule has 12 heteroatoms. The molecular formula is C31H34FN7O4. The molecule has 3 fully saturated rings. The molecule has 3 aromatic rings. The monoisotopic (exact) mass is 587 g/mol. The van der Waals surface area contributed by atoms with Crippen LogP contribution in [0.4, 0.5) is 26.4 Å². The Hall–Kier alpha value is -4.55. The maximum absolute atomic E-state index is 13.2. The van der Waals surface area contributed by atoms with Gasteiger partial charge in [0.05, 0.1) is 0 Å². The van der Waals surface area contributed by atoms with Crippen molar-refractivity contribution < 1.29 is 23.5 Å². The minimum absolute atomic E-state index is 0.185. The zero-order valence-electron chi connectivity index (χ0n) is 23.9. The Morgan fingerprint density at radius 1 is 0.837 bits per heavy atom. The Balaban J connectivity index is 0.990. The third-order valence-corrected chi connectivity index (χ3v) is 8.20. The van der Waals surface area contributed by atoms with Crippen LogP contribution in [-0.4, -0.2) is 89.9 Å². The highest BCUT2D eigenvalue weighted by molar-refractivity contribution is 6.16. The van der Waals surface area contributed by atoms with E-state index < -0.39 is 23.0 Å². The maximum atomic E-state index is 13.2. The van der Waals surface area contributed by atoms with Crippen LogP contribution in [0.1, 0.15) is 12.8 Å². The van der Waals surface area contributed by atoms with Gasteiger partial charge in [0.25, 0.3) is 0 Å². The first kappa shape index (κ1) is 28.6. The number of likely N-dealkylation sites (N-methyl/N-ethyl adjacent to an activating group) is 1. The van der Waals surface area contributed by atoms with Gasteiger partial charge in [-0.25, -0.2) is 14.2 Å². The van der Waals surface area contributed by atoms with E-state index in [0.29, 0.717) is 60.7 Å². The molecule has 224 valence electrons. The van der Waals surface area contributed by atoms with E-state index in [1.807, 2.05) is 0 Å². The van der Waals surface area contributed by atoms with Gasteiger partial charge in [-0.15, -0.1) is 0 Å². The first-order valence-electron chi connectivity index (χ1n) is 14.4. The number of halogens is 1. The molecular weight excluding hydrogens is 553 g/mol. The van der Waals surface area contributed by atoms with Crippen LogP contribution < -0.4 is 20.7 Å². The van der Waals surface area contributed by atoms with Gasteiger partial charge >= 0.3 is 6.03 Å². The molecule has 2 saturated heterocycles. The lowest BCUT2D eigenvalue weighted by atomic mass is 10.0. The maximum Gasteiger partial charge on any atom is 0.323 e. The Labute approximate surface area is 249 Å². The molecule has 4 amide bonds. The zero-order chi connectivity index (χ0) is 30.0. The van der Waals surface area contributed by atoms with Crippen LogP contribution in [0.3, 0.4) is 0 Å². The Morgan fingerprint density at radius 3 is 2.02 bits per heavy atom. The number of piperazine rings is 1. The number of amides is 4. The van der Waals surface area contributed by atoms with Gasteiger partial charge in [0.1, 0.15) is 28.5 Å². The molecule has 6 rings (SSSR count). The van der Waals surface area contributed by atoms with Crippen molar-refractivity contribution in [3.8, 4) is 11.5 Å². The number of anilines is 3. The summed E-state index contributed by atoms with van der Waals surface area (Å²) in [5.74, 6) is 0.193. The number of likely N-dealkylation sites (tertiary alicyclic amines) is 1. The summed E-state index contributed by atoms with van der Waals surface area (Å²) >= 11 is 0. The predicted octanol–water partition coefficient (Wildman–Crippen LogP) is 3.83. The number of nitrogens with zero attached hydrogens (tertiary/aromatic N) is 4. The van der Waals surface area contributed by atoms with Crippen LogP contribution in [0.5, 0.6) is 11.5 Å². The van der Waals surface area contributed by atoms with E-state index in [-0.39, 0.29) is 6.03 Å². The van der Waals surface area contributed by atoms with Gasteiger partial charge in [-0.05, 0) is 74.5 Å². The number of aromatic nitrogens is 1. The van der Waals surface area contributed by atoms with E-state index in [1.54, 1.807) is 47.5 Å². The predicted molar refractivity (Wildman–Crippen MR) is 160 cm³/mol. The van der Waals surface area contributed by atoms with Crippen molar-refractivity contribution in [2.75, 3.05) is 62.3 Å². The molecule has 11 nitrogen and oxygen atoms in total. The number of pyridine rings is 1. The van der Waals surface area contributed by atoms with Crippen molar-refractivity contribution >= 4 is 35.0 Å². The van der Waals surface area contributed by atoms with E-state index in [9.17, 15) is 18.8 Å². The number of urea groups is 1. The van der Waals surface area contributed by atoms with E-state index in [0.717, 1.165) is 26.2 Å². The van der Waals surface area contributed by atoms with Crippen LogP contribution in [0.15, 0.2) is 66.9 Å². The fourth-order valence-corrected chi connectivity index (χ4v) is 5.38. The van der Waals surface area contributed by atoms with Gasteiger partial charge in [-0.3, -0.25) is 19.8 Å². The van der Waals surface area contributed by atoms with Gasteiger partial charge in [0, 0.05) is 68.9 Å². The summed E-state index contributed by atoms with van der Waals surface area (Å²) in [5, 5.41) is 8.37. The third kappa shape index (κ3) is 6.60. The molecule has 0 radical (unpaired) electrons. The number of hydrogen-bond donors (Lipinski definition) is 3. The molecule has 0 spiro atoms. The smallest absolute Gasteiger partial charge is 0.323 e.